The standard InChI is InChI=1S/C21H28N4O4S/c1-5-6-12-22-16(3)29-21-18(14-23-19(25-21)17-9-7-8-10-17)20(26)24-15(2)11-13-30(4,27)28/h5-6,11-15,17H,1,7-10H2,2-4H3,(H,24,26)/b12-6-,13-11+,22-16?/t15-/m0/s1. The summed E-state index contributed by atoms with van der Waals surface area (Å²) in [7, 11) is -3.28. The Hall–Kier alpha value is -2.81. The van der Waals surface area contributed by atoms with E-state index in [1.165, 1.54) is 18.5 Å². The molecule has 0 aliphatic heterocycles. The SMILES string of the molecule is C=C/C=C\N=C(C)Oc1nc(C2CCCC2)ncc1C(=O)N[C@@H](C)/C=C/S(C)(=O)=O. The van der Waals surface area contributed by atoms with Crippen molar-refractivity contribution < 1.29 is 17.9 Å². The van der Waals surface area contributed by atoms with Gasteiger partial charge >= 0.3 is 0 Å². The highest BCUT2D eigenvalue weighted by Gasteiger charge is 2.24. The molecule has 1 aromatic heterocycles. The molecule has 1 aromatic rings. The van der Waals surface area contributed by atoms with Gasteiger partial charge in [-0.15, -0.1) is 0 Å². The molecule has 1 aliphatic rings. The van der Waals surface area contributed by atoms with Crippen LogP contribution in [0, 0.1) is 0 Å². The van der Waals surface area contributed by atoms with Crippen LogP contribution in [0.3, 0.4) is 0 Å². The third-order valence-corrected chi connectivity index (χ3v) is 5.08. The zero-order valence-electron chi connectivity index (χ0n) is 17.5. The van der Waals surface area contributed by atoms with Crippen molar-refractivity contribution in [3.63, 3.8) is 0 Å². The van der Waals surface area contributed by atoms with E-state index in [0.29, 0.717) is 11.7 Å². The Morgan fingerprint density at radius 1 is 1.40 bits per heavy atom. The monoisotopic (exact) mass is 432 g/mol. The minimum atomic E-state index is -3.28. The van der Waals surface area contributed by atoms with Crippen LogP contribution in [-0.4, -0.2) is 42.5 Å². The molecule has 1 heterocycles. The quantitative estimate of drug-likeness (QED) is 0.383. The summed E-state index contributed by atoms with van der Waals surface area (Å²) < 4.78 is 28.3. The van der Waals surface area contributed by atoms with E-state index in [0.717, 1.165) is 37.3 Å². The van der Waals surface area contributed by atoms with Crippen LogP contribution in [0.4, 0.5) is 0 Å². The molecule has 1 fully saturated rings. The molecule has 0 spiro atoms. The van der Waals surface area contributed by atoms with Crippen molar-refractivity contribution in [1.29, 1.82) is 0 Å². The maximum absolute atomic E-state index is 12.8. The van der Waals surface area contributed by atoms with E-state index in [4.69, 9.17) is 4.74 Å². The third kappa shape index (κ3) is 7.55. The zero-order chi connectivity index (χ0) is 22.1. The summed E-state index contributed by atoms with van der Waals surface area (Å²) in [6.45, 7) is 6.90. The Labute approximate surface area is 177 Å². The van der Waals surface area contributed by atoms with Crippen molar-refractivity contribution in [2.75, 3.05) is 6.26 Å². The van der Waals surface area contributed by atoms with Gasteiger partial charge in [-0.05, 0) is 25.8 Å². The molecule has 0 bridgehead atoms. The van der Waals surface area contributed by atoms with Gasteiger partial charge in [0.15, 0.2) is 15.7 Å². The number of nitrogens with zero attached hydrogens (tertiary/aromatic N) is 3. The van der Waals surface area contributed by atoms with Gasteiger partial charge in [-0.1, -0.05) is 31.6 Å². The van der Waals surface area contributed by atoms with E-state index in [1.807, 2.05) is 0 Å². The summed E-state index contributed by atoms with van der Waals surface area (Å²) in [5.74, 6) is 0.862. The molecule has 0 aromatic carbocycles. The highest BCUT2D eigenvalue weighted by molar-refractivity contribution is 7.93. The second-order valence-corrected chi connectivity index (χ2v) is 9.11. The molecule has 1 amide bonds. The highest BCUT2D eigenvalue weighted by Crippen LogP contribution is 2.33. The maximum atomic E-state index is 12.8. The number of ether oxygens (including phenoxy) is 1. The molecule has 8 nitrogen and oxygen atoms in total. The first-order valence-corrected chi connectivity index (χ1v) is 11.7. The molecule has 2 rings (SSSR count). The summed E-state index contributed by atoms with van der Waals surface area (Å²) in [5, 5.41) is 3.76. The molecule has 0 unspecified atom stereocenters. The number of nitrogens with one attached hydrogen (secondary N) is 1. The van der Waals surface area contributed by atoms with Gasteiger partial charge in [-0.2, -0.15) is 4.98 Å². The van der Waals surface area contributed by atoms with Crippen LogP contribution in [-0.2, 0) is 9.84 Å². The minimum absolute atomic E-state index is 0.122. The van der Waals surface area contributed by atoms with E-state index >= 15 is 0 Å². The normalized spacial score (nSPS) is 16.8. The van der Waals surface area contributed by atoms with Crippen LogP contribution in [0.25, 0.3) is 0 Å². The third-order valence-electron chi connectivity index (χ3n) is 4.43. The van der Waals surface area contributed by atoms with Crippen molar-refractivity contribution in [3.8, 4) is 5.88 Å². The summed E-state index contributed by atoms with van der Waals surface area (Å²) in [5.41, 5.74) is 0.151. The highest BCUT2D eigenvalue weighted by atomic mass is 32.2. The Kier molecular flexibility index (Phi) is 8.46. The van der Waals surface area contributed by atoms with E-state index in [9.17, 15) is 13.2 Å². The Morgan fingerprint density at radius 3 is 2.73 bits per heavy atom. The van der Waals surface area contributed by atoms with Crippen LogP contribution in [0.15, 0.2) is 47.6 Å². The number of sulfone groups is 1. The predicted octanol–water partition coefficient (Wildman–Crippen LogP) is 3.31. The fraction of sp³-hybridized carbons (Fsp3) is 0.429. The molecule has 0 radical (unpaired) electrons. The molecule has 1 aliphatic carbocycles. The zero-order valence-corrected chi connectivity index (χ0v) is 18.4. The van der Waals surface area contributed by atoms with Crippen LogP contribution < -0.4 is 10.1 Å². The van der Waals surface area contributed by atoms with Crippen LogP contribution in [0.1, 0.15) is 61.6 Å². The molecule has 9 heteroatoms. The largest absolute Gasteiger partial charge is 0.424 e. The lowest BCUT2D eigenvalue weighted by atomic mass is 10.1. The first-order chi connectivity index (χ1) is 14.2. The number of carbonyl (C=O) groups is 1. The van der Waals surface area contributed by atoms with E-state index in [2.05, 4.69) is 26.9 Å². The van der Waals surface area contributed by atoms with Gasteiger partial charge in [0.1, 0.15) is 11.4 Å². The molecule has 1 N–H and O–H groups in total. The van der Waals surface area contributed by atoms with E-state index in [-0.39, 0.29) is 17.4 Å². The Bertz CT molecular complexity index is 961. The summed E-state index contributed by atoms with van der Waals surface area (Å²) in [6.07, 6.45) is 13.0. The van der Waals surface area contributed by atoms with Gasteiger partial charge in [0.25, 0.3) is 5.91 Å². The van der Waals surface area contributed by atoms with Crippen molar-refractivity contribution in [2.24, 2.45) is 4.99 Å². The van der Waals surface area contributed by atoms with Crippen LogP contribution in [0.2, 0.25) is 0 Å². The number of aromatic nitrogens is 2. The van der Waals surface area contributed by atoms with Gasteiger partial charge in [-0.3, -0.25) is 4.79 Å². The average Bonchev–Trinajstić information content (AvgIpc) is 3.21. The van der Waals surface area contributed by atoms with Gasteiger partial charge in [0.2, 0.25) is 5.88 Å². The predicted molar refractivity (Wildman–Crippen MR) is 117 cm³/mol. The van der Waals surface area contributed by atoms with Crippen LogP contribution >= 0.6 is 0 Å². The van der Waals surface area contributed by atoms with Gasteiger partial charge in [0, 0.05) is 42.9 Å². The molecule has 30 heavy (non-hydrogen) atoms. The van der Waals surface area contributed by atoms with Crippen molar-refractivity contribution >= 4 is 21.6 Å². The molecule has 1 saturated carbocycles. The molecule has 1 atom stereocenters. The first kappa shape index (κ1) is 23.5. The number of rotatable bonds is 8. The fourth-order valence-corrected chi connectivity index (χ4v) is 3.48. The topological polar surface area (TPSA) is 111 Å². The van der Waals surface area contributed by atoms with Gasteiger partial charge < -0.3 is 10.1 Å². The number of allylic oxidation sites excluding steroid dienone is 2. The van der Waals surface area contributed by atoms with Gasteiger partial charge in [-0.25, -0.2) is 18.4 Å². The number of hydrogen-bond donors (Lipinski definition) is 1. The number of amides is 1. The van der Waals surface area contributed by atoms with Crippen molar-refractivity contribution in [1.82, 2.24) is 15.3 Å². The van der Waals surface area contributed by atoms with Crippen LogP contribution in [0.5, 0.6) is 5.88 Å². The van der Waals surface area contributed by atoms with E-state index < -0.39 is 21.8 Å². The maximum Gasteiger partial charge on any atom is 0.258 e. The lowest BCUT2D eigenvalue weighted by Gasteiger charge is -2.15. The summed E-state index contributed by atoms with van der Waals surface area (Å²) >= 11 is 0. The van der Waals surface area contributed by atoms with E-state index in [1.54, 1.807) is 26.0 Å². The molecular weight excluding hydrogens is 404 g/mol. The van der Waals surface area contributed by atoms with Gasteiger partial charge in [0.05, 0.1) is 0 Å². The number of hydrogen-bond acceptors (Lipinski definition) is 7. The summed E-state index contributed by atoms with van der Waals surface area (Å²) in [4.78, 5) is 25.8. The van der Waals surface area contributed by atoms with Crippen molar-refractivity contribution in [3.05, 3.63) is 54.0 Å². The first-order valence-electron chi connectivity index (χ1n) is 9.75. The molecule has 162 valence electrons. The average molecular weight is 433 g/mol. The smallest absolute Gasteiger partial charge is 0.258 e. The lowest BCUT2D eigenvalue weighted by Crippen LogP contribution is -2.32. The summed E-state index contributed by atoms with van der Waals surface area (Å²) in [6, 6.07) is -0.514. The second kappa shape index (κ2) is 10.8. The second-order valence-electron chi connectivity index (χ2n) is 7.18. The molecule has 0 saturated heterocycles. The van der Waals surface area contributed by atoms with Crippen molar-refractivity contribution in [2.45, 2.75) is 51.5 Å². The minimum Gasteiger partial charge on any atom is -0.424 e. The Balaban J connectivity index is 2.28. The number of aliphatic imine (C=N–C) groups is 1. The fourth-order valence-electron chi connectivity index (χ4n) is 2.96. The Morgan fingerprint density at radius 2 is 2.10 bits per heavy atom. The number of carbonyl (C=O) groups excluding carboxylic acids is 1. The lowest BCUT2D eigenvalue weighted by molar-refractivity contribution is 0.0944. The molecular formula is C21H28N4O4S.